The Hall–Kier alpha value is -1.48. The van der Waals surface area contributed by atoms with E-state index in [0.717, 1.165) is 12.1 Å². The average Bonchev–Trinajstić information content (AvgIpc) is 3.45. The van der Waals surface area contributed by atoms with E-state index in [1.165, 1.54) is 0 Å². The number of benzene rings is 1. The monoisotopic (exact) mass is 423 g/mol. The van der Waals surface area contributed by atoms with Crippen LogP contribution in [-0.4, -0.2) is 32.1 Å². The van der Waals surface area contributed by atoms with Gasteiger partial charge in [-0.2, -0.15) is 0 Å². The Kier molecular flexibility index (Phi) is 4.38. The van der Waals surface area contributed by atoms with Crippen LogP contribution in [0.1, 0.15) is 36.0 Å². The molecule has 0 aliphatic heterocycles. The minimum Gasteiger partial charge on any atom is -0.492 e. The van der Waals surface area contributed by atoms with Crippen molar-refractivity contribution in [1.82, 2.24) is 4.72 Å². The lowest BCUT2D eigenvalue weighted by molar-refractivity contribution is 0.0580. The number of alkyl halides is 2. The highest BCUT2D eigenvalue weighted by atomic mass is 35.5. The Morgan fingerprint density at radius 3 is 2.48 bits per heavy atom. The molecule has 0 heterocycles. The number of nitrogens with one attached hydrogen (secondary N) is 1. The summed E-state index contributed by atoms with van der Waals surface area (Å²) in [6.07, 6.45) is 1.65. The minimum atomic E-state index is -3.81. The van der Waals surface area contributed by atoms with Crippen LogP contribution in [0.5, 0.6) is 5.75 Å². The molecular formula is C17H17ClF3NO4S. The second-order valence-corrected chi connectivity index (χ2v) is 9.84. The molecule has 10 heteroatoms. The summed E-state index contributed by atoms with van der Waals surface area (Å²) < 4.78 is 71.5. The molecule has 3 saturated carbocycles. The number of amides is 1. The molecule has 3 aliphatic rings. The van der Waals surface area contributed by atoms with Gasteiger partial charge in [-0.1, -0.05) is 11.6 Å². The molecule has 0 aromatic heterocycles. The molecule has 1 amide bonds. The van der Waals surface area contributed by atoms with Crippen LogP contribution in [0, 0.1) is 23.6 Å². The Balaban J connectivity index is 1.39. The third-order valence-electron chi connectivity index (χ3n) is 5.48. The molecule has 3 atom stereocenters. The van der Waals surface area contributed by atoms with Crippen LogP contribution in [0.2, 0.25) is 5.02 Å². The maximum atomic E-state index is 14.3. The summed E-state index contributed by atoms with van der Waals surface area (Å²) in [6, 6.07) is 1.91. The van der Waals surface area contributed by atoms with Crippen molar-refractivity contribution >= 4 is 27.5 Å². The molecule has 27 heavy (non-hydrogen) atoms. The number of rotatable bonds is 6. The highest BCUT2D eigenvalue weighted by Crippen LogP contribution is 2.65. The SMILES string of the molecule is O=C(NS(=O)(=O)C1CC1)c1cc(Cl)c(OC[C@@H]2C[C@@H]3[C@H](C2)C3(F)F)cc1F. The van der Waals surface area contributed by atoms with E-state index in [1.54, 1.807) is 0 Å². The van der Waals surface area contributed by atoms with Gasteiger partial charge >= 0.3 is 0 Å². The number of fused-ring (bicyclic) bond motifs is 1. The molecule has 0 saturated heterocycles. The van der Waals surface area contributed by atoms with Gasteiger partial charge in [0, 0.05) is 17.9 Å². The molecule has 1 aromatic rings. The quantitative estimate of drug-likeness (QED) is 0.761. The van der Waals surface area contributed by atoms with Crippen molar-refractivity contribution in [2.24, 2.45) is 17.8 Å². The molecule has 148 valence electrons. The van der Waals surface area contributed by atoms with Crippen LogP contribution in [0.3, 0.4) is 0 Å². The first-order valence-corrected chi connectivity index (χ1v) is 10.6. The Labute approximate surface area is 159 Å². The summed E-state index contributed by atoms with van der Waals surface area (Å²) in [6.45, 7) is 0.129. The van der Waals surface area contributed by atoms with E-state index in [-0.39, 0.29) is 23.3 Å². The number of halogens is 4. The standard InChI is InChI=1S/C17H17ClF3NO4S/c18-13-5-10(16(23)22-27(24,25)9-1-2-9)14(19)6-15(13)26-7-8-3-11-12(4-8)17(11,20)21/h5-6,8-9,11-12H,1-4,7H2,(H,22,23)/t8-,11-,12+. The lowest BCUT2D eigenvalue weighted by atomic mass is 10.0. The fourth-order valence-corrected chi connectivity index (χ4v) is 5.23. The topological polar surface area (TPSA) is 72.5 Å². The lowest BCUT2D eigenvalue weighted by Gasteiger charge is -2.16. The van der Waals surface area contributed by atoms with Gasteiger partial charge in [-0.05, 0) is 37.7 Å². The first-order valence-electron chi connectivity index (χ1n) is 8.65. The van der Waals surface area contributed by atoms with Gasteiger partial charge in [0.15, 0.2) is 0 Å². The molecule has 1 N–H and O–H groups in total. The van der Waals surface area contributed by atoms with Gasteiger partial charge in [-0.3, -0.25) is 4.79 Å². The third kappa shape index (κ3) is 3.51. The van der Waals surface area contributed by atoms with Crippen LogP contribution in [0.15, 0.2) is 12.1 Å². The summed E-state index contributed by atoms with van der Waals surface area (Å²) in [4.78, 5) is 12.0. The average molecular weight is 424 g/mol. The van der Waals surface area contributed by atoms with Crippen LogP contribution >= 0.6 is 11.6 Å². The fraction of sp³-hybridized carbons (Fsp3) is 0.588. The van der Waals surface area contributed by atoms with E-state index >= 15 is 0 Å². The molecular weight excluding hydrogens is 407 g/mol. The molecule has 0 bridgehead atoms. The normalized spacial score (nSPS) is 28.5. The van der Waals surface area contributed by atoms with Gasteiger partial charge < -0.3 is 4.74 Å². The number of hydrogen-bond donors (Lipinski definition) is 1. The van der Waals surface area contributed by atoms with E-state index in [0.29, 0.717) is 25.7 Å². The van der Waals surface area contributed by atoms with E-state index in [2.05, 4.69) is 0 Å². The third-order valence-corrected chi connectivity index (χ3v) is 7.59. The van der Waals surface area contributed by atoms with Crippen LogP contribution in [0.25, 0.3) is 0 Å². The molecule has 3 fully saturated rings. The Morgan fingerprint density at radius 2 is 1.89 bits per heavy atom. The van der Waals surface area contributed by atoms with Gasteiger partial charge in [-0.15, -0.1) is 0 Å². The number of ether oxygens (including phenoxy) is 1. The highest BCUT2D eigenvalue weighted by molar-refractivity contribution is 7.91. The highest BCUT2D eigenvalue weighted by Gasteiger charge is 2.71. The van der Waals surface area contributed by atoms with Crippen molar-refractivity contribution in [3.8, 4) is 5.75 Å². The number of carbonyl (C=O) groups excluding carboxylic acids is 1. The predicted octanol–water partition coefficient (Wildman–Crippen LogP) is 3.37. The van der Waals surface area contributed by atoms with Gasteiger partial charge in [0.1, 0.15) is 11.6 Å². The van der Waals surface area contributed by atoms with Crippen molar-refractivity contribution in [3.63, 3.8) is 0 Å². The zero-order valence-corrected chi connectivity index (χ0v) is 15.6. The van der Waals surface area contributed by atoms with E-state index in [9.17, 15) is 26.4 Å². The molecule has 0 unspecified atom stereocenters. The van der Waals surface area contributed by atoms with Gasteiger partial charge in [-0.25, -0.2) is 26.3 Å². The van der Waals surface area contributed by atoms with E-state index < -0.39 is 50.3 Å². The lowest BCUT2D eigenvalue weighted by Crippen LogP contribution is -2.33. The van der Waals surface area contributed by atoms with Crippen LogP contribution < -0.4 is 9.46 Å². The zero-order valence-electron chi connectivity index (χ0n) is 14.1. The Bertz CT molecular complexity index is 890. The number of carbonyl (C=O) groups is 1. The second kappa shape index (κ2) is 6.27. The van der Waals surface area contributed by atoms with E-state index in [4.69, 9.17) is 16.3 Å². The zero-order chi connectivity index (χ0) is 19.6. The second-order valence-electron chi connectivity index (χ2n) is 7.47. The van der Waals surface area contributed by atoms with Crippen LogP contribution in [0.4, 0.5) is 13.2 Å². The molecule has 1 aromatic carbocycles. The van der Waals surface area contributed by atoms with E-state index in [1.807, 2.05) is 4.72 Å². The van der Waals surface area contributed by atoms with Crippen molar-refractivity contribution in [1.29, 1.82) is 0 Å². The summed E-state index contributed by atoms with van der Waals surface area (Å²) >= 11 is 6.02. The molecule has 0 spiro atoms. The summed E-state index contributed by atoms with van der Waals surface area (Å²) in [5.41, 5.74) is -0.502. The first kappa shape index (κ1) is 18.9. The van der Waals surface area contributed by atoms with Crippen molar-refractivity contribution in [3.05, 3.63) is 28.5 Å². The maximum absolute atomic E-state index is 14.3. The molecule has 3 aliphatic carbocycles. The maximum Gasteiger partial charge on any atom is 0.267 e. The molecule has 5 nitrogen and oxygen atoms in total. The fourth-order valence-electron chi connectivity index (χ4n) is 3.72. The Morgan fingerprint density at radius 1 is 1.26 bits per heavy atom. The van der Waals surface area contributed by atoms with Crippen LogP contribution in [-0.2, 0) is 10.0 Å². The summed E-state index contributed by atoms with van der Waals surface area (Å²) in [7, 11) is -3.81. The predicted molar refractivity (Wildman–Crippen MR) is 91.0 cm³/mol. The minimum absolute atomic E-state index is 0.0110. The first-order chi connectivity index (χ1) is 12.6. The number of sulfonamides is 1. The smallest absolute Gasteiger partial charge is 0.267 e. The van der Waals surface area contributed by atoms with Crippen molar-refractivity contribution in [2.45, 2.75) is 36.9 Å². The van der Waals surface area contributed by atoms with Gasteiger partial charge in [0.05, 0.1) is 22.4 Å². The summed E-state index contributed by atoms with van der Waals surface area (Å²) in [5, 5.41) is -0.675. The van der Waals surface area contributed by atoms with Gasteiger partial charge in [0.2, 0.25) is 10.0 Å². The van der Waals surface area contributed by atoms with Gasteiger partial charge in [0.25, 0.3) is 11.8 Å². The number of hydrogen-bond acceptors (Lipinski definition) is 4. The van der Waals surface area contributed by atoms with Crippen molar-refractivity contribution < 1.29 is 31.1 Å². The summed E-state index contributed by atoms with van der Waals surface area (Å²) in [5.74, 6) is -5.86. The largest absolute Gasteiger partial charge is 0.492 e. The van der Waals surface area contributed by atoms with Crippen molar-refractivity contribution in [2.75, 3.05) is 6.61 Å². The molecule has 0 radical (unpaired) electrons. The molecule has 4 rings (SSSR count).